The molecule has 3 N–H and O–H groups in total. The SMILES string of the molecule is Cl.NC(=O)C1C=CCNS1. The van der Waals surface area contributed by atoms with Crippen molar-refractivity contribution in [2.75, 3.05) is 6.54 Å². The van der Waals surface area contributed by atoms with Gasteiger partial charge in [0.2, 0.25) is 5.91 Å². The smallest absolute Gasteiger partial charge is 0.235 e. The van der Waals surface area contributed by atoms with Crippen molar-refractivity contribution < 1.29 is 4.79 Å². The Morgan fingerprint density at radius 1 is 1.80 bits per heavy atom. The number of amides is 1. The number of rotatable bonds is 1. The summed E-state index contributed by atoms with van der Waals surface area (Å²) in [7, 11) is 0. The van der Waals surface area contributed by atoms with Gasteiger partial charge in [-0.15, -0.1) is 12.4 Å². The van der Waals surface area contributed by atoms with Gasteiger partial charge >= 0.3 is 0 Å². The van der Waals surface area contributed by atoms with E-state index in [0.29, 0.717) is 0 Å². The zero-order valence-corrected chi connectivity index (χ0v) is 6.87. The maximum atomic E-state index is 10.5. The zero-order valence-electron chi connectivity index (χ0n) is 5.24. The fourth-order valence-electron chi connectivity index (χ4n) is 0.570. The molecule has 0 aromatic carbocycles. The summed E-state index contributed by atoms with van der Waals surface area (Å²) in [6, 6.07) is 0. The van der Waals surface area contributed by atoms with E-state index in [1.54, 1.807) is 0 Å². The molecule has 1 heterocycles. The molecule has 0 aromatic heterocycles. The van der Waals surface area contributed by atoms with Crippen LogP contribution in [0.4, 0.5) is 0 Å². The molecule has 0 radical (unpaired) electrons. The third-order valence-electron chi connectivity index (χ3n) is 1.00. The van der Waals surface area contributed by atoms with Crippen LogP contribution in [0, 0.1) is 0 Å². The highest BCUT2D eigenvalue weighted by molar-refractivity contribution is 7.98. The second-order valence-corrected chi connectivity index (χ2v) is 2.75. The van der Waals surface area contributed by atoms with Crippen molar-refractivity contribution in [2.24, 2.45) is 5.73 Å². The molecule has 1 amide bonds. The Labute approximate surface area is 70.0 Å². The molecule has 0 fully saturated rings. The highest BCUT2D eigenvalue weighted by Gasteiger charge is 2.13. The molecule has 10 heavy (non-hydrogen) atoms. The molecule has 0 spiro atoms. The molecule has 1 aliphatic rings. The summed E-state index contributed by atoms with van der Waals surface area (Å²) in [4.78, 5) is 10.5. The van der Waals surface area contributed by atoms with Crippen LogP contribution in [0.25, 0.3) is 0 Å². The van der Waals surface area contributed by atoms with Crippen LogP contribution in [-0.2, 0) is 4.79 Å². The van der Waals surface area contributed by atoms with Gasteiger partial charge in [0.25, 0.3) is 0 Å². The lowest BCUT2D eigenvalue weighted by Gasteiger charge is -2.11. The Hall–Kier alpha value is -0.190. The van der Waals surface area contributed by atoms with E-state index in [1.165, 1.54) is 11.9 Å². The molecule has 1 unspecified atom stereocenters. The van der Waals surface area contributed by atoms with Crippen LogP contribution >= 0.6 is 24.4 Å². The van der Waals surface area contributed by atoms with Gasteiger partial charge in [0.1, 0.15) is 5.25 Å². The largest absolute Gasteiger partial charge is 0.368 e. The lowest BCUT2D eigenvalue weighted by Crippen LogP contribution is -2.29. The van der Waals surface area contributed by atoms with Crippen molar-refractivity contribution in [1.29, 1.82) is 0 Å². The van der Waals surface area contributed by atoms with Crippen LogP contribution in [0.5, 0.6) is 0 Å². The summed E-state index contributed by atoms with van der Waals surface area (Å²) in [5.74, 6) is -0.288. The summed E-state index contributed by atoms with van der Waals surface area (Å²) >= 11 is 1.36. The molecule has 0 aliphatic carbocycles. The van der Waals surface area contributed by atoms with Crippen molar-refractivity contribution >= 4 is 30.3 Å². The predicted octanol–water partition coefficient (Wildman–Crippen LogP) is 0.0697. The van der Waals surface area contributed by atoms with Crippen molar-refractivity contribution in [3.63, 3.8) is 0 Å². The van der Waals surface area contributed by atoms with Crippen LogP contribution in [0.1, 0.15) is 0 Å². The van der Waals surface area contributed by atoms with Gasteiger partial charge in [0, 0.05) is 6.54 Å². The second-order valence-electron chi connectivity index (χ2n) is 1.72. The topological polar surface area (TPSA) is 55.1 Å². The average Bonchev–Trinajstić information content (AvgIpc) is 1.90. The second kappa shape index (κ2) is 4.60. The van der Waals surface area contributed by atoms with E-state index in [0.717, 1.165) is 6.54 Å². The number of carbonyl (C=O) groups is 1. The quantitative estimate of drug-likeness (QED) is 0.444. The van der Waals surface area contributed by atoms with Gasteiger partial charge in [-0.05, 0) is 0 Å². The van der Waals surface area contributed by atoms with Gasteiger partial charge in [0.15, 0.2) is 0 Å². The van der Waals surface area contributed by atoms with E-state index in [9.17, 15) is 4.79 Å². The monoisotopic (exact) mass is 180 g/mol. The molecule has 0 bridgehead atoms. The number of nitrogens with one attached hydrogen (secondary N) is 1. The first kappa shape index (κ1) is 9.81. The van der Waals surface area contributed by atoms with Crippen LogP contribution in [0.3, 0.4) is 0 Å². The number of carbonyl (C=O) groups excluding carboxylic acids is 1. The maximum absolute atomic E-state index is 10.5. The van der Waals surface area contributed by atoms with E-state index in [2.05, 4.69) is 4.72 Å². The Kier molecular flexibility index (Phi) is 4.51. The minimum absolute atomic E-state index is 0. The van der Waals surface area contributed by atoms with Gasteiger partial charge in [-0.1, -0.05) is 24.1 Å². The molecule has 3 nitrogen and oxygen atoms in total. The first-order valence-electron chi connectivity index (χ1n) is 2.65. The number of nitrogens with two attached hydrogens (primary N) is 1. The van der Waals surface area contributed by atoms with E-state index < -0.39 is 0 Å². The first-order valence-corrected chi connectivity index (χ1v) is 3.53. The van der Waals surface area contributed by atoms with Crippen LogP contribution in [0.15, 0.2) is 12.2 Å². The van der Waals surface area contributed by atoms with Gasteiger partial charge in [-0.2, -0.15) is 0 Å². The van der Waals surface area contributed by atoms with E-state index in [-0.39, 0.29) is 23.6 Å². The molecule has 58 valence electrons. The fraction of sp³-hybridized carbons (Fsp3) is 0.400. The van der Waals surface area contributed by atoms with Crippen LogP contribution in [-0.4, -0.2) is 17.7 Å². The minimum Gasteiger partial charge on any atom is -0.368 e. The Morgan fingerprint density at radius 2 is 2.50 bits per heavy atom. The standard InChI is InChI=1S/C5H8N2OS.ClH/c6-5(8)4-2-1-3-7-9-4;/h1-2,4,7H,3H2,(H2,6,8);1H. The Balaban J connectivity index is 0.000000810. The molecule has 0 aromatic rings. The van der Waals surface area contributed by atoms with Crippen molar-refractivity contribution in [1.82, 2.24) is 4.72 Å². The van der Waals surface area contributed by atoms with Gasteiger partial charge < -0.3 is 5.73 Å². The predicted molar refractivity (Wildman–Crippen MR) is 45.0 cm³/mol. The highest BCUT2D eigenvalue weighted by atomic mass is 35.5. The first-order chi connectivity index (χ1) is 4.30. The highest BCUT2D eigenvalue weighted by Crippen LogP contribution is 2.10. The van der Waals surface area contributed by atoms with Crippen LogP contribution in [0.2, 0.25) is 0 Å². The number of hydrogen-bond donors (Lipinski definition) is 2. The summed E-state index contributed by atoms with van der Waals surface area (Å²) in [6.07, 6.45) is 3.70. The lowest BCUT2D eigenvalue weighted by atomic mass is 10.3. The van der Waals surface area contributed by atoms with E-state index in [1.807, 2.05) is 12.2 Å². The summed E-state index contributed by atoms with van der Waals surface area (Å²) in [5.41, 5.74) is 5.02. The number of primary amides is 1. The van der Waals surface area contributed by atoms with E-state index >= 15 is 0 Å². The van der Waals surface area contributed by atoms with Crippen molar-refractivity contribution in [2.45, 2.75) is 5.25 Å². The number of hydrogen-bond acceptors (Lipinski definition) is 3. The summed E-state index contributed by atoms with van der Waals surface area (Å²) < 4.78 is 2.95. The normalized spacial score (nSPS) is 23.4. The third-order valence-corrected chi connectivity index (χ3v) is 1.98. The minimum atomic E-state index is -0.288. The van der Waals surface area contributed by atoms with E-state index in [4.69, 9.17) is 5.73 Å². The van der Waals surface area contributed by atoms with Gasteiger partial charge in [-0.3, -0.25) is 9.52 Å². The molecular formula is C5H9ClN2OS. The van der Waals surface area contributed by atoms with Gasteiger partial charge in [0.05, 0.1) is 0 Å². The van der Waals surface area contributed by atoms with Gasteiger partial charge in [-0.25, -0.2) is 0 Å². The molecule has 1 aliphatic heterocycles. The third kappa shape index (κ3) is 2.60. The molecule has 1 rings (SSSR count). The molecule has 0 saturated heterocycles. The average molecular weight is 181 g/mol. The molecule has 5 heteroatoms. The molecule has 0 saturated carbocycles. The zero-order chi connectivity index (χ0) is 6.69. The summed E-state index contributed by atoms with van der Waals surface area (Å²) in [5, 5.41) is -0.182. The van der Waals surface area contributed by atoms with Crippen LogP contribution < -0.4 is 10.5 Å². The molecular weight excluding hydrogens is 172 g/mol. The summed E-state index contributed by atoms with van der Waals surface area (Å²) in [6.45, 7) is 0.814. The maximum Gasteiger partial charge on any atom is 0.235 e. The fourth-order valence-corrected chi connectivity index (χ4v) is 1.25. The van der Waals surface area contributed by atoms with Crippen molar-refractivity contribution in [3.8, 4) is 0 Å². The Morgan fingerprint density at radius 3 is 2.80 bits per heavy atom. The van der Waals surface area contributed by atoms with Crippen molar-refractivity contribution in [3.05, 3.63) is 12.2 Å². The lowest BCUT2D eigenvalue weighted by molar-refractivity contribution is -0.116. The number of halogens is 1. The molecule has 1 atom stereocenters. The Bertz CT molecular complexity index is 151.